The number of aliphatic hydroxyl groups is 3. The van der Waals surface area contributed by atoms with E-state index < -0.39 is 11.5 Å². The van der Waals surface area contributed by atoms with Gasteiger partial charge in [0.1, 0.15) is 5.54 Å². The molecule has 0 aliphatic heterocycles. The number of nitrogens with one attached hydrogen (secondary N) is 1. The molecule has 7 heteroatoms. The largest absolute Gasteiger partial charge is 0.480 e. The second-order valence-electron chi connectivity index (χ2n) is 5.06. The van der Waals surface area contributed by atoms with Crippen molar-refractivity contribution in [1.29, 1.82) is 0 Å². The average molecular weight is 312 g/mol. The first-order valence-corrected chi connectivity index (χ1v) is 7.16. The minimum atomic E-state index is -1.29. The maximum atomic E-state index is 11.5. The first-order valence-electron chi connectivity index (χ1n) is 7.16. The number of carbonyl (C=O) groups is 1. The number of carboxylic acid groups (broad SMARTS) is 1. The highest BCUT2D eigenvalue weighted by molar-refractivity contribution is 5.80. The van der Waals surface area contributed by atoms with E-state index >= 15 is 0 Å². The molecule has 0 radical (unpaired) electrons. The highest BCUT2D eigenvalue weighted by atomic mass is 16.4. The maximum Gasteiger partial charge on any atom is 0.328 e. The van der Waals surface area contributed by atoms with Crippen molar-refractivity contribution in [3.05, 3.63) is 29.8 Å². The number of anilines is 1. The van der Waals surface area contributed by atoms with Crippen LogP contribution in [0.3, 0.4) is 0 Å². The lowest BCUT2D eigenvalue weighted by Gasteiger charge is -2.28. The highest BCUT2D eigenvalue weighted by Crippen LogP contribution is 2.24. The van der Waals surface area contributed by atoms with Gasteiger partial charge in [-0.25, -0.2) is 4.79 Å². The molecule has 0 saturated heterocycles. The molecule has 0 aliphatic carbocycles. The van der Waals surface area contributed by atoms with Crippen LogP contribution in [0, 0.1) is 0 Å². The van der Waals surface area contributed by atoms with Gasteiger partial charge >= 0.3 is 5.97 Å². The van der Waals surface area contributed by atoms with Crippen molar-refractivity contribution < 1.29 is 25.2 Å². The van der Waals surface area contributed by atoms with Crippen LogP contribution < -0.4 is 10.2 Å². The molecule has 1 unspecified atom stereocenters. The van der Waals surface area contributed by atoms with Crippen molar-refractivity contribution in [2.45, 2.75) is 12.5 Å². The van der Waals surface area contributed by atoms with Gasteiger partial charge in [0.2, 0.25) is 0 Å². The summed E-state index contributed by atoms with van der Waals surface area (Å²) in [6.07, 6.45) is 0. The highest BCUT2D eigenvalue weighted by Gasteiger charge is 2.34. The summed E-state index contributed by atoms with van der Waals surface area (Å²) in [5.41, 5.74) is 0.0620. The number of hydrogen-bond acceptors (Lipinski definition) is 6. The van der Waals surface area contributed by atoms with Gasteiger partial charge in [0.15, 0.2) is 0 Å². The van der Waals surface area contributed by atoms with Crippen LogP contribution in [-0.2, 0) is 10.3 Å². The molecule has 5 N–H and O–H groups in total. The molecule has 0 heterocycles. The zero-order chi connectivity index (χ0) is 16.6. The molecule has 1 aromatic carbocycles. The van der Waals surface area contributed by atoms with Gasteiger partial charge in [0, 0.05) is 25.3 Å². The Hall–Kier alpha value is -1.67. The molecule has 1 rings (SSSR count). The fourth-order valence-electron chi connectivity index (χ4n) is 2.22. The number of hydrogen-bond donors (Lipinski definition) is 5. The summed E-state index contributed by atoms with van der Waals surface area (Å²) in [5, 5.41) is 39.2. The van der Waals surface area contributed by atoms with E-state index in [0.717, 1.165) is 5.69 Å². The van der Waals surface area contributed by atoms with Crippen LogP contribution in [0.25, 0.3) is 0 Å². The SMILES string of the molecule is CC(NCCO)(C(=O)O)c1ccc(N(CCO)CCO)cc1. The van der Waals surface area contributed by atoms with E-state index in [-0.39, 0.29) is 26.4 Å². The van der Waals surface area contributed by atoms with Crippen LogP contribution in [0.2, 0.25) is 0 Å². The maximum absolute atomic E-state index is 11.5. The summed E-state index contributed by atoms with van der Waals surface area (Å²) in [5.74, 6) is -1.03. The van der Waals surface area contributed by atoms with Gasteiger partial charge in [-0.1, -0.05) is 12.1 Å². The van der Waals surface area contributed by atoms with Crippen LogP contribution in [-0.4, -0.2) is 65.9 Å². The molecule has 0 spiro atoms. The van der Waals surface area contributed by atoms with Crippen molar-refractivity contribution in [3.8, 4) is 0 Å². The number of benzene rings is 1. The van der Waals surface area contributed by atoms with Gasteiger partial charge < -0.3 is 25.3 Å². The molecule has 0 aliphatic rings. The minimum Gasteiger partial charge on any atom is -0.480 e. The van der Waals surface area contributed by atoms with Crippen molar-refractivity contribution in [3.63, 3.8) is 0 Å². The molecular formula is C15H24N2O5. The number of aliphatic hydroxyl groups excluding tert-OH is 3. The molecule has 7 nitrogen and oxygen atoms in total. The van der Waals surface area contributed by atoms with Crippen molar-refractivity contribution in [2.75, 3.05) is 44.4 Å². The standard InChI is InChI=1S/C15H24N2O5/c1-15(14(21)22,16-6-9-18)12-2-4-13(5-3-12)17(7-10-19)8-11-20/h2-5,16,18-20H,6-11H2,1H3,(H,21,22). The molecule has 0 bridgehead atoms. The van der Waals surface area contributed by atoms with Crippen LogP contribution in [0.4, 0.5) is 5.69 Å². The normalized spacial score (nSPS) is 13.6. The van der Waals surface area contributed by atoms with Crippen molar-refractivity contribution >= 4 is 11.7 Å². The second-order valence-corrected chi connectivity index (χ2v) is 5.06. The molecular weight excluding hydrogens is 288 g/mol. The Morgan fingerprint density at radius 3 is 2.05 bits per heavy atom. The molecule has 0 fully saturated rings. The Morgan fingerprint density at radius 2 is 1.64 bits per heavy atom. The first kappa shape index (κ1) is 18.4. The summed E-state index contributed by atoms with van der Waals surface area (Å²) in [7, 11) is 0. The third-order valence-electron chi connectivity index (χ3n) is 3.57. The predicted molar refractivity (Wildman–Crippen MR) is 82.9 cm³/mol. The molecule has 1 atom stereocenters. The Kier molecular flexibility index (Phi) is 7.26. The van der Waals surface area contributed by atoms with Gasteiger partial charge in [-0.05, 0) is 24.6 Å². The van der Waals surface area contributed by atoms with E-state index in [9.17, 15) is 9.90 Å². The number of nitrogens with zero attached hydrogens (tertiary/aromatic N) is 1. The zero-order valence-electron chi connectivity index (χ0n) is 12.7. The van der Waals surface area contributed by atoms with Crippen LogP contribution in [0.15, 0.2) is 24.3 Å². The van der Waals surface area contributed by atoms with Gasteiger partial charge in [-0.15, -0.1) is 0 Å². The lowest BCUT2D eigenvalue weighted by atomic mass is 9.91. The second kappa shape index (κ2) is 8.70. The van der Waals surface area contributed by atoms with Gasteiger partial charge in [0.25, 0.3) is 0 Å². The molecule has 0 aromatic heterocycles. The molecule has 1 aromatic rings. The topological polar surface area (TPSA) is 113 Å². The lowest BCUT2D eigenvalue weighted by Crippen LogP contribution is -2.47. The van der Waals surface area contributed by atoms with Gasteiger partial charge in [0.05, 0.1) is 19.8 Å². The Balaban J connectivity index is 3.00. The van der Waals surface area contributed by atoms with Crippen LogP contribution in [0.1, 0.15) is 12.5 Å². The summed E-state index contributed by atoms with van der Waals surface area (Å²) >= 11 is 0. The van der Waals surface area contributed by atoms with Crippen molar-refractivity contribution in [2.24, 2.45) is 0 Å². The zero-order valence-corrected chi connectivity index (χ0v) is 12.7. The van der Waals surface area contributed by atoms with E-state index in [1.165, 1.54) is 0 Å². The molecule has 0 saturated carbocycles. The molecule has 22 heavy (non-hydrogen) atoms. The fraction of sp³-hybridized carbons (Fsp3) is 0.533. The smallest absolute Gasteiger partial charge is 0.328 e. The third-order valence-corrected chi connectivity index (χ3v) is 3.57. The van der Waals surface area contributed by atoms with Gasteiger partial charge in [-0.3, -0.25) is 5.32 Å². The fourth-order valence-corrected chi connectivity index (χ4v) is 2.22. The van der Waals surface area contributed by atoms with E-state index in [2.05, 4.69) is 5.32 Å². The summed E-state index contributed by atoms with van der Waals surface area (Å²) in [6.45, 7) is 2.27. The third kappa shape index (κ3) is 4.41. The first-order chi connectivity index (χ1) is 10.5. The van der Waals surface area contributed by atoms with Crippen LogP contribution >= 0.6 is 0 Å². The van der Waals surface area contributed by atoms with E-state index in [1.807, 2.05) is 4.90 Å². The van der Waals surface area contributed by atoms with E-state index in [4.69, 9.17) is 15.3 Å². The molecule has 124 valence electrons. The Bertz CT molecular complexity index is 460. The lowest BCUT2D eigenvalue weighted by molar-refractivity contribution is -0.144. The van der Waals surface area contributed by atoms with E-state index in [0.29, 0.717) is 18.7 Å². The Morgan fingerprint density at radius 1 is 1.09 bits per heavy atom. The van der Waals surface area contributed by atoms with Gasteiger partial charge in [-0.2, -0.15) is 0 Å². The molecule has 0 amide bonds. The van der Waals surface area contributed by atoms with Crippen molar-refractivity contribution in [1.82, 2.24) is 5.32 Å². The van der Waals surface area contributed by atoms with Crippen LogP contribution in [0.5, 0.6) is 0 Å². The summed E-state index contributed by atoms with van der Waals surface area (Å²) < 4.78 is 0. The predicted octanol–water partition coefficient (Wildman–Crippen LogP) is -0.641. The summed E-state index contributed by atoms with van der Waals surface area (Å²) in [6, 6.07) is 6.89. The average Bonchev–Trinajstić information content (AvgIpc) is 2.52. The quantitative estimate of drug-likeness (QED) is 0.390. The monoisotopic (exact) mass is 312 g/mol. The summed E-state index contributed by atoms with van der Waals surface area (Å²) in [4.78, 5) is 13.3. The Labute approximate surface area is 129 Å². The number of aliphatic carboxylic acids is 1. The number of carboxylic acids is 1. The number of rotatable bonds is 10. The van der Waals surface area contributed by atoms with E-state index in [1.54, 1.807) is 31.2 Å². The minimum absolute atomic E-state index is 0.0351.